The highest BCUT2D eigenvalue weighted by molar-refractivity contribution is 4.82. The molecule has 146 valence electrons. The van der Waals surface area contributed by atoms with Crippen molar-refractivity contribution in [3.05, 3.63) is 0 Å². The molecule has 3 aliphatic rings. The van der Waals surface area contributed by atoms with Gasteiger partial charge in [0.2, 0.25) is 0 Å². The van der Waals surface area contributed by atoms with Crippen molar-refractivity contribution >= 4 is 0 Å². The fraction of sp³-hybridized carbons (Fsp3) is 1.00. The first kappa shape index (κ1) is 19.4. The summed E-state index contributed by atoms with van der Waals surface area (Å²) < 4.78 is 22.7. The van der Waals surface area contributed by atoms with Crippen LogP contribution in [0, 0.1) is 0 Å². The van der Waals surface area contributed by atoms with E-state index in [0.29, 0.717) is 6.42 Å². The number of aliphatic hydroxyl groups is 4. The smallest absolute Gasteiger partial charge is 0.184 e. The van der Waals surface area contributed by atoms with Gasteiger partial charge in [0.15, 0.2) is 12.6 Å². The molecule has 2 heterocycles. The van der Waals surface area contributed by atoms with Gasteiger partial charge >= 0.3 is 0 Å². The third kappa shape index (κ3) is 5.11. The Hall–Kier alpha value is -0.320. The highest BCUT2D eigenvalue weighted by Crippen LogP contribution is 2.30. The van der Waals surface area contributed by atoms with Crippen LogP contribution in [0.1, 0.15) is 45.4 Å². The van der Waals surface area contributed by atoms with E-state index in [-0.39, 0.29) is 37.8 Å². The molecule has 2 saturated heterocycles. The SMILES string of the molecule is C[C@H]1O[C@H](O[C@@H]2CCC[C@H](O[C@H]3OC[C@@H](O)C[C@H]3O)C2)[C@H](O)C[C@@H]1O. The quantitative estimate of drug-likeness (QED) is 0.536. The van der Waals surface area contributed by atoms with Crippen molar-refractivity contribution in [3.63, 3.8) is 0 Å². The fourth-order valence-corrected chi connectivity index (χ4v) is 3.70. The Morgan fingerprint density at radius 3 is 2.12 bits per heavy atom. The third-order valence-corrected chi connectivity index (χ3v) is 5.20. The molecule has 4 N–H and O–H groups in total. The minimum absolute atomic E-state index is 0.114. The first-order valence-electron chi connectivity index (χ1n) is 9.22. The van der Waals surface area contributed by atoms with Gasteiger partial charge < -0.3 is 39.4 Å². The first-order valence-corrected chi connectivity index (χ1v) is 9.22. The molecule has 0 unspecified atom stereocenters. The predicted molar refractivity (Wildman–Crippen MR) is 85.6 cm³/mol. The zero-order valence-electron chi connectivity index (χ0n) is 14.6. The Kier molecular flexibility index (Phi) is 6.67. The van der Waals surface area contributed by atoms with Crippen molar-refractivity contribution < 1.29 is 39.4 Å². The van der Waals surface area contributed by atoms with Crippen LogP contribution in [0.5, 0.6) is 0 Å². The van der Waals surface area contributed by atoms with Crippen molar-refractivity contribution in [2.45, 2.75) is 101 Å². The Balaban J connectivity index is 1.48. The van der Waals surface area contributed by atoms with Crippen LogP contribution in [0.2, 0.25) is 0 Å². The summed E-state index contributed by atoms with van der Waals surface area (Å²) >= 11 is 0. The average Bonchev–Trinajstić information content (AvgIpc) is 2.56. The lowest BCUT2D eigenvalue weighted by atomic mass is 9.94. The fourth-order valence-electron chi connectivity index (χ4n) is 3.70. The van der Waals surface area contributed by atoms with Crippen LogP contribution in [-0.4, -0.2) is 82.3 Å². The van der Waals surface area contributed by atoms with Gasteiger partial charge in [-0.2, -0.15) is 0 Å². The van der Waals surface area contributed by atoms with Gasteiger partial charge in [0.1, 0.15) is 12.2 Å². The molecule has 25 heavy (non-hydrogen) atoms. The van der Waals surface area contributed by atoms with Crippen LogP contribution >= 0.6 is 0 Å². The van der Waals surface area contributed by atoms with Gasteiger partial charge in [0.25, 0.3) is 0 Å². The van der Waals surface area contributed by atoms with Gasteiger partial charge in [-0.25, -0.2) is 0 Å². The van der Waals surface area contributed by atoms with Crippen LogP contribution < -0.4 is 0 Å². The van der Waals surface area contributed by atoms with Crippen molar-refractivity contribution in [2.75, 3.05) is 6.61 Å². The first-order chi connectivity index (χ1) is 11.9. The lowest BCUT2D eigenvalue weighted by molar-refractivity contribution is -0.288. The second kappa shape index (κ2) is 8.58. The van der Waals surface area contributed by atoms with E-state index in [1.54, 1.807) is 6.92 Å². The Labute approximate surface area is 147 Å². The van der Waals surface area contributed by atoms with Gasteiger partial charge in [0, 0.05) is 19.3 Å². The number of ether oxygens (including phenoxy) is 4. The molecule has 0 amide bonds. The molecule has 0 spiro atoms. The summed E-state index contributed by atoms with van der Waals surface area (Å²) in [5, 5.41) is 39.2. The second-order valence-corrected chi connectivity index (χ2v) is 7.42. The molecule has 8 nitrogen and oxygen atoms in total. The van der Waals surface area contributed by atoms with Crippen molar-refractivity contribution in [1.82, 2.24) is 0 Å². The van der Waals surface area contributed by atoms with Crippen molar-refractivity contribution in [3.8, 4) is 0 Å². The molecule has 0 aromatic carbocycles. The zero-order chi connectivity index (χ0) is 18.0. The number of aliphatic hydroxyl groups excluding tert-OH is 4. The van der Waals surface area contributed by atoms with Gasteiger partial charge in [0.05, 0.1) is 37.1 Å². The standard InChI is InChI=1S/C17H30O8/c1-9-13(19)7-15(21)17(23-9)25-12-4-2-3-11(6-12)24-16-14(20)5-10(18)8-22-16/h9-21H,2-8H2,1H3/t9-,10+,11+,12-,13+,14-,15-,16-,17-/m1/s1. The van der Waals surface area contributed by atoms with E-state index in [0.717, 1.165) is 19.3 Å². The van der Waals surface area contributed by atoms with Crippen LogP contribution in [0.25, 0.3) is 0 Å². The molecule has 3 fully saturated rings. The molecule has 9 atom stereocenters. The monoisotopic (exact) mass is 362 g/mol. The van der Waals surface area contributed by atoms with E-state index >= 15 is 0 Å². The van der Waals surface area contributed by atoms with Gasteiger partial charge in [-0.1, -0.05) is 0 Å². The molecular weight excluding hydrogens is 332 g/mol. The summed E-state index contributed by atoms with van der Waals surface area (Å²) in [5.41, 5.74) is 0. The third-order valence-electron chi connectivity index (χ3n) is 5.20. The molecule has 1 aliphatic carbocycles. The summed E-state index contributed by atoms with van der Waals surface area (Å²) in [6, 6.07) is 0. The molecule has 8 heteroatoms. The van der Waals surface area contributed by atoms with Crippen LogP contribution in [0.3, 0.4) is 0 Å². The normalized spacial score (nSPS) is 49.1. The van der Waals surface area contributed by atoms with Gasteiger partial charge in [-0.15, -0.1) is 0 Å². The van der Waals surface area contributed by atoms with E-state index in [1.165, 1.54) is 0 Å². The van der Waals surface area contributed by atoms with E-state index in [1.807, 2.05) is 0 Å². The molecule has 0 radical (unpaired) electrons. The Morgan fingerprint density at radius 2 is 1.44 bits per heavy atom. The summed E-state index contributed by atoms with van der Waals surface area (Å²) in [5.74, 6) is 0. The molecule has 0 aromatic heterocycles. The predicted octanol–water partition coefficient (Wildman–Crippen LogP) is -0.344. The van der Waals surface area contributed by atoms with Crippen molar-refractivity contribution in [1.29, 1.82) is 0 Å². The molecule has 3 rings (SSSR count). The van der Waals surface area contributed by atoms with E-state index in [9.17, 15) is 20.4 Å². The minimum Gasteiger partial charge on any atom is -0.391 e. The maximum Gasteiger partial charge on any atom is 0.184 e. The van der Waals surface area contributed by atoms with Crippen LogP contribution in [0.15, 0.2) is 0 Å². The van der Waals surface area contributed by atoms with Gasteiger partial charge in [-0.05, 0) is 26.2 Å². The molecular formula is C17H30O8. The van der Waals surface area contributed by atoms with E-state index < -0.39 is 37.0 Å². The largest absolute Gasteiger partial charge is 0.391 e. The summed E-state index contributed by atoms with van der Waals surface area (Å²) in [7, 11) is 0. The number of hydrogen-bond donors (Lipinski definition) is 4. The molecule has 0 aromatic rings. The second-order valence-electron chi connectivity index (χ2n) is 7.42. The number of hydrogen-bond acceptors (Lipinski definition) is 8. The molecule has 2 aliphatic heterocycles. The van der Waals surface area contributed by atoms with E-state index in [2.05, 4.69) is 0 Å². The highest BCUT2D eigenvalue weighted by atomic mass is 16.7. The van der Waals surface area contributed by atoms with E-state index in [4.69, 9.17) is 18.9 Å². The Morgan fingerprint density at radius 1 is 0.800 bits per heavy atom. The lowest BCUT2D eigenvalue weighted by Gasteiger charge is -2.40. The maximum absolute atomic E-state index is 10.1. The van der Waals surface area contributed by atoms with Crippen LogP contribution in [-0.2, 0) is 18.9 Å². The summed E-state index contributed by atoms with van der Waals surface area (Å²) in [6.07, 6.45) is -1.39. The topological polar surface area (TPSA) is 118 Å². The van der Waals surface area contributed by atoms with Gasteiger partial charge in [-0.3, -0.25) is 0 Å². The summed E-state index contributed by atoms with van der Waals surface area (Å²) in [6.45, 7) is 1.92. The maximum atomic E-state index is 10.1. The zero-order valence-corrected chi connectivity index (χ0v) is 14.6. The van der Waals surface area contributed by atoms with Crippen LogP contribution in [0.4, 0.5) is 0 Å². The van der Waals surface area contributed by atoms with Crippen molar-refractivity contribution in [2.24, 2.45) is 0 Å². The highest BCUT2D eigenvalue weighted by Gasteiger charge is 2.38. The summed E-state index contributed by atoms with van der Waals surface area (Å²) in [4.78, 5) is 0. The Bertz CT molecular complexity index is 421. The molecule has 0 bridgehead atoms. The number of rotatable bonds is 4. The minimum atomic E-state index is -0.850. The molecule has 1 saturated carbocycles. The average molecular weight is 362 g/mol. The lowest BCUT2D eigenvalue weighted by Crippen LogP contribution is -2.49.